The van der Waals surface area contributed by atoms with Crippen LogP contribution in [0.25, 0.3) is 10.9 Å². The fraction of sp³-hybridized carbons (Fsp3) is 0.450. The Kier molecular flexibility index (Phi) is 3.74. The molecule has 2 aliphatic rings. The molecule has 5 rings (SSSR count). The number of hydrogen-bond donors (Lipinski definition) is 0. The van der Waals surface area contributed by atoms with E-state index in [0.717, 1.165) is 22.9 Å². The third kappa shape index (κ3) is 2.59. The molecule has 0 radical (unpaired) electrons. The van der Waals surface area contributed by atoms with Crippen LogP contribution in [-0.2, 0) is 43.2 Å². The van der Waals surface area contributed by atoms with E-state index < -0.39 is 5.60 Å². The normalized spacial score (nSPS) is 21.6. The first-order chi connectivity index (χ1) is 13.5. The maximum atomic E-state index is 13.0. The molecule has 0 saturated carbocycles. The van der Waals surface area contributed by atoms with E-state index in [1.165, 1.54) is 4.68 Å². The van der Waals surface area contributed by atoms with Gasteiger partial charge in [0, 0.05) is 37.7 Å². The largest absolute Gasteiger partial charge is 0.363 e. The highest BCUT2D eigenvalue weighted by molar-refractivity contribution is 5.89. The summed E-state index contributed by atoms with van der Waals surface area (Å²) in [6.45, 7) is 1.92. The van der Waals surface area contributed by atoms with Crippen molar-refractivity contribution in [3.8, 4) is 0 Å². The zero-order chi connectivity index (χ0) is 19.5. The quantitative estimate of drug-likeness (QED) is 0.659. The monoisotopic (exact) mass is 381 g/mol. The maximum Gasteiger partial charge on any atom is 0.345 e. The van der Waals surface area contributed by atoms with Crippen LogP contribution in [0.3, 0.4) is 0 Å². The fourth-order valence-electron chi connectivity index (χ4n) is 4.52. The number of aromatic nitrogens is 4. The number of para-hydroxylation sites is 1. The maximum absolute atomic E-state index is 13.0. The number of hydrogen-bond acceptors (Lipinski definition) is 4. The molecule has 1 atom stereocenters. The first kappa shape index (κ1) is 17.2. The van der Waals surface area contributed by atoms with Gasteiger partial charge < -0.3 is 14.2 Å². The van der Waals surface area contributed by atoms with Crippen LogP contribution in [0.4, 0.5) is 0 Å². The number of carbonyl (C=O) groups excluding carboxylic acids is 1. The van der Waals surface area contributed by atoms with Gasteiger partial charge in [0.1, 0.15) is 12.2 Å². The van der Waals surface area contributed by atoms with E-state index in [0.29, 0.717) is 38.5 Å². The lowest BCUT2D eigenvalue weighted by Gasteiger charge is -2.33. The second-order valence-corrected chi connectivity index (χ2v) is 7.90. The van der Waals surface area contributed by atoms with Gasteiger partial charge in [0.2, 0.25) is 5.91 Å². The molecular formula is C20H23N5O3. The molecule has 0 bridgehead atoms. The Morgan fingerprint density at radius 3 is 2.93 bits per heavy atom. The summed E-state index contributed by atoms with van der Waals surface area (Å²) < 4.78 is 11.2. The Balaban J connectivity index is 1.34. The molecule has 1 saturated heterocycles. The summed E-state index contributed by atoms with van der Waals surface area (Å²) in [5.74, 6) is 0.750. The van der Waals surface area contributed by atoms with Crippen LogP contribution in [0.5, 0.6) is 0 Å². The third-order valence-electron chi connectivity index (χ3n) is 6.03. The molecule has 146 valence electrons. The lowest BCUT2D eigenvalue weighted by molar-refractivity contribution is -0.132. The fourth-order valence-corrected chi connectivity index (χ4v) is 4.52. The summed E-state index contributed by atoms with van der Waals surface area (Å²) >= 11 is 0. The van der Waals surface area contributed by atoms with Gasteiger partial charge in [-0.25, -0.2) is 9.48 Å². The SMILES string of the molecule is Cn1nc2n(c1=O)CC1(CCN(C(=O)Cc3cn(C)c4ccccc34)C1)OC2. The van der Waals surface area contributed by atoms with E-state index in [1.807, 2.05) is 30.3 Å². The zero-order valence-corrected chi connectivity index (χ0v) is 16.1. The van der Waals surface area contributed by atoms with Crippen LogP contribution in [0.15, 0.2) is 35.3 Å². The van der Waals surface area contributed by atoms with Crippen molar-refractivity contribution in [2.75, 3.05) is 13.1 Å². The molecule has 1 unspecified atom stereocenters. The highest BCUT2D eigenvalue weighted by Gasteiger charge is 2.44. The number of fused-ring (bicyclic) bond motifs is 2. The number of ether oxygens (including phenoxy) is 1. The van der Waals surface area contributed by atoms with Gasteiger partial charge in [-0.1, -0.05) is 18.2 Å². The number of benzene rings is 1. The molecule has 2 aliphatic heterocycles. The van der Waals surface area contributed by atoms with Crippen molar-refractivity contribution in [1.82, 2.24) is 23.8 Å². The molecule has 2 aromatic heterocycles. The summed E-state index contributed by atoms with van der Waals surface area (Å²) in [5, 5.41) is 5.32. The molecule has 1 aromatic carbocycles. The Hall–Kier alpha value is -2.87. The van der Waals surface area contributed by atoms with Gasteiger partial charge in [-0.15, -0.1) is 0 Å². The number of carbonyl (C=O) groups is 1. The van der Waals surface area contributed by atoms with Crippen molar-refractivity contribution in [3.05, 3.63) is 52.3 Å². The minimum atomic E-state index is -0.492. The van der Waals surface area contributed by atoms with E-state index in [9.17, 15) is 9.59 Å². The molecule has 8 heteroatoms. The molecule has 3 aromatic rings. The standard InChI is InChI=1S/C20H23N5O3/c1-22-10-14(15-5-3-4-6-16(15)22)9-18(26)24-8-7-20(12-24)13-25-17(11-28-20)21-23(2)19(25)27/h3-6,10H,7-9,11-13H2,1-2H3. The highest BCUT2D eigenvalue weighted by Crippen LogP contribution is 2.32. The average molecular weight is 381 g/mol. The number of nitrogens with zero attached hydrogens (tertiary/aromatic N) is 5. The van der Waals surface area contributed by atoms with Crippen molar-refractivity contribution in [2.24, 2.45) is 14.1 Å². The Labute approximate surface area is 161 Å². The predicted molar refractivity (Wildman–Crippen MR) is 103 cm³/mol. The number of aryl methyl sites for hydroxylation is 2. The lowest BCUT2D eigenvalue weighted by atomic mass is 10.0. The predicted octanol–water partition coefficient (Wildman–Crippen LogP) is 0.818. The summed E-state index contributed by atoms with van der Waals surface area (Å²) in [7, 11) is 3.65. The summed E-state index contributed by atoms with van der Waals surface area (Å²) in [5.41, 5.74) is 1.55. The van der Waals surface area contributed by atoms with Gasteiger partial charge >= 0.3 is 5.69 Å². The van der Waals surface area contributed by atoms with Gasteiger partial charge in [0.15, 0.2) is 5.82 Å². The first-order valence-electron chi connectivity index (χ1n) is 9.53. The Morgan fingerprint density at radius 1 is 1.25 bits per heavy atom. The van der Waals surface area contributed by atoms with Gasteiger partial charge in [-0.05, 0) is 18.1 Å². The summed E-state index contributed by atoms with van der Waals surface area (Å²) in [4.78, 5) is 27.1. The van der Waals surface area contributed by atoms with E-state index in [2.05, 4.69) is 21.8 Å². The molecule has 0 aliphatic carbocycles. The number of likely N-dealkylation sites (tertiary alicyclic amines) is 1. The topological polar surface area (TPSA) is 74.3 Å². The zero-order valence-electron chi connectivity index (χ0n) is 16.1. The van der Waals surface area contributed by atoms with Gasteiger partial charge in [0.25, 0.3) is 0 Å². The molecule has 1 spiro atoms. The van der Waals surface area contributed by atoms with Crippen LogP contribution >= 0.6 is 0 Å². The van der Waals surface area contributed by atoms with E-state index in [4.69, 9.17) is 4.74 Å². The second-order valence-electron chi connectivity index (χ2n) is 7.90. The summed E-state index contributed by atoms with van der Waals surface area (Å²) in [6, 6.07) is 8.13. The molecule has 0 N–H and O–H groups in total. The van der Waals surface area contributed by atoms with Gasteiger partial charge in [-0.3, -0.25) is 9.36 Å². The molecule has 28 heavy (non-hydrogen) atoms. The minimum absolute atomic E-state index is 0.0983. The summed E-state index contributed by atoms with van der Waals surface area (Å²) in [6.07, 6.45) is 3.14. The molecule has 4 heterocycles. The molecule has 8 nitrogen and oxygen atoms in total. The Morgan fingerprint density at radius 2 is 2.07 bits per heavy atom. The Bertz CT molecular complexity index is 1140. The van der Waals surface area contributed by atoms with Crippen molar-refractivity contribution >= 4 is 16.8 Å². The van der Waals surface area contributed by atoms with Crippen molar-refractivity contribution in [1.29, 1.82) is 0 Å². The number of rotatable bonds is 2. The van der Waals surface area contributed by atoms with Gasteiger partial charge in [0.05, 0.1) is 19.5 Å². The van der Waals surface area contributed by atoms with Crippen LogP contribution in [-0.4, -0.2) is 48.4 Å². The highest BCUT2D eigenvalue weighted by atomic mass is 16.5. The smallest absolute Gasteiger partial charge is 0.345 e. The van der Waals surface area contributed by atoms with E-state index in [1.54, 1.807) is 11.6 Å². The van der Waals surface area contributed by atoms with Gasteiger partial charge in [-0.2, -0.15) is 5.10 Å². The second kappa shape index (κ2) is 6.07. The molecule has 1 amide bonds. The van der Waals surface area contributed by atoms with E-state index >= 15 is 0 Å². The van der Waals surface area contributed by atoms with Crippen LogP contribution in [0.1, 0.15) is 17.8 Å². The third-order valence-corrected chi connectivity index (χ3v) is 6.03. The number of amides is 1. The van der Waals surface area contributed by atoms with Crippen LogP contribution in [0.2, 0.25) is 0 Å². The molecular weight excluding hydrogens is 358 g/mol. The van der Waals surface area contributed by atoms with Crippen molar-refractivity contribution < 1.29 is 9.53 Å². The lowest BCUT2D eigenvalue weighted by Crippen LogP contribution is -2.47. The molecule has 1 fully saturated rings. The van der Waals surface area contributed by atoms with Crippen molar-refractivity contribution in [2.45, 2.75) is 31.6 Å². The van der Waals surface area contributed by atoms with Crippen molar-refractivity contribution in [3.63, 3.8) is 0 Å². The van der Waals surface area contributed by atoms with E-state index in [-0.39, 0.29) is 11.6 Å². The van der Waals surface area contributed by atoms with Crippen LogP contribution < -0.4 is 5.69 Å². The first-order valence-corrected chi connectivity index (χ1v) is 9.53. The average Bonchev–Trinajstić information content (AvgIpc) is 3.33. The minimum Gasteiger partial charge on any atom is -0.363 e. The van der Waals surface area contributed by atoms with Crippen LogP contribution in [0, 0.1) is 0 Å².